The van der Waals surface area contributed by atoms with Gasteiger partial charge in [-0.1, -0.05) is 12.1 Å². The van der Waals surface area contributed by atoms with Gasteiger partial charge in [0.15, 0.2) is 5.13 Å². The number of aromatic nitrogens is 1. The van der Waals surface area contributed by atoms with Gasteiger partial charge in [-0.05, 0) is 24.1 Å². The molecule has 0 atom stereocenters. The largest absolute Gasteiger partial charge is 0.361 e. The van der Waals surface area contributed by atoms with Gasteiger partial charge in [-0.2, -0.15) is 0 Å². The van der Waals surface area contributed by atoms with Gasteiger partial charge in [0.2, 0.25) is 0 Å². The number of benzene rings is 1. The van der Waals surface area contributed by atoms with Crippen LogP contribution in [0, 0.1) is 5.82 Å². The Morgan fingerprint density at radius 2 is 2.07 bits per heavy atom. The van der Waals surface area contributed by atoms with Gasteiger partial charge in [0.05, 0.1) is 0 Å². The Hall–Kier alpha value is -1.42. The number of hydrogen-bond acceptors (Lipinski definition) is 3. The maximum absolute atomic E-state index is 12.6. The summed E-state index contributed by atoms with van der Waals surface area (Å²) in [4.78, 5) is 4.11. The molecule has 1 heterocycles. The summed E-state index contributed by atoms with van der Waals surface area (Å²) in [6.45, 7) is 0.819. The van der Waals surface area contributed by atoms with Crippen LogP contribution in [0.15, 0.2) is 35.8 Å². The Labute approximate surface area is 91.8 Å². The molecule has 2 nitrogen and oxygen atoms in total. The number of anilines is 1. The fourth-order valence-electron chi connectivity index (χ4n) is 1.28. The van der Waals surface area contributed by atoms with Gasteiger partial charge in [-0.3, -0.25) is 0 Å². The van der Waals surface area contributed by atoms with E-state index in [4.69, 9.17) is 0 Å². The van der Waals surface area contributed by atoms with E-state index in [2.05, 4.69) is 10.3 Å². The summed E-state index contributed by atoms with van der Waals surface area (Å²) in [6, 6.07) is 6.58. The van der Waals surface area contributed by atoms with Crippen LogP contribution in [0.3, 0.4) is 0 Å². The highest BCUT2D eigenvalue weighted by Gasteiger charge is 1.95. The lowest BCUT2D eigenvalue weighted by molar-refractivity contribution is 0.627. The third-order valence-corrected chi connectivity index (χ3v) is 2.77. The Balaban J connectivity index is 1.81. The number of hydrogen-bond donors (Lipinski definition) is 1. The summed E-state index contributed by atoms with van der Waals surface area (Å²) in [6.07, 6.45) is 2.64. The summed E-state index contributed by atoms with van der Waals surface area (Å²) < 4.78 is 12.6. The van der Waals surface area contributed by atoms with Crippen LogP contribution in [-0.2, 0) is 6.42 Å². The molecule has 0 aliphatic rings. The maximum Gasteiger partial charge on any atom is 0.182 e. The highest BCUT2D eigenvalue weighted by molar-refractivity contribution is 7.13. The standard InChI is InChI=1S/C11H11FN2S/c12-10-3-1-9(2-4-10)5-6-13-11-14-7-8-15-11/h1-4,7-8H,5-6H2,(H,13,14). The summed E-state index contributed by atoms with van der Waals surface area (Å²) in [7, 11) is 0. The van der Waals surface area contributed by atoms with Gasteiger partial charge in [0, 0.05) is 18.1 Å². The third kappa shape index (κ3) is 3.02. The predicted octanol–water partition coefficient (Wildman–Crippen LogP) is 2.94. The molecule has 1 aromatic heterocycles. The van der Waals surface area contributed by atoms with Crippen molar-refractivity contribution in [2.75, 3.05) is 11.9 Å². The number of halogens is 1. The average Bonchev–Trinajstić information content (AvgIpc) is 2.74. The molecule has 2 aromatic rings. The number of rotatable bonds is 4. The minimum absolute atomic E-state index is 0.188. The van der Waals surface area contributed by atoms with Crippen LogP contribution < -0.4 is 5.32 Å². The second-order valence-corrected chi connectivity index (χ2v) is 4.04. The summed E-state index contributed by atoms with van der Waals surface area (Å²) in [5, 5.41) is 6.06. The normalized spacial score (nSPS) is 10.2. The fraction of sp³-hybridized carbons (Fsp3) is 0.182. The molecule has 0 fully saturated rings. The molecular weight excluding hydrogens is 211 g/mol. The molecule has 0 saturated carbocycles. The molecule has 4 heteroatoms. The van der Waals surface area contributed by atoms with Crippen LogP contribution >= 0.6 is 11.3 Å². The van der Waals surface area contributed by atoms with Crippen molar-refractivity contribution in [3.63, 3.8) is 0 Å². The van der Waals surface area contributed by atoms with Crippen LogP contribution in [0.4, 0.5) is 9.52 Å². The first-order valence-corrected chi connectivity index (χ1v) is 5.60. The zero-order valence-electron chi connectivity index (χ0n) is 8.11. The van der Waals surface area contributed by atoms with E-state index in [1.54, 1.807) is 29.7 Å². The van der Waals surface area contributed by atoms with Crippen molar-refractivity contribution in [2.24, 2.45) is 0 Å². The first kappa shape index (κ1) is 10.1. The highest BCUT2D eigenvalue weighted by Crippen LogP contribution is 2.10. The minimum atomic E-state index is -0.188. The molecule has 1 aromatic carbocycles. The van der Waals surface area contributed by atoms with Crippen molar-refractivity contribution in [1.29, 1.82) is 0 Å². The summed E-state index contributed by atoms with van der Waals surface area (Å²) in [5.74, 6) is -0.188. The Morgan fingerprint density at radius 3 is 2.73 bits per heavy atom. The first-order chi connectivity index (χ1) is 7.34. The van der Waals surface area contributed by atoms with E-state index < -0.39 is 0 Å². The van der Waals surface area contributed by atoms with Crippen LogP contribution in [-0.4, -0.2) is 11.5 Å². The SMILES string of the molecule is Fc1ccc(CCNc2nccs2)cc1. The van der Waals surface area contributed by atoms with Crippen molar-refractivity contribution in [3.8, 4) is 0 Å². The van der Waals surface area contributed by atoms with Gasteiger partial charge in [0.1, 0.15) is 5.82 Å². The van der Waals surface area contributed by atoms with Gasteiger partial charge in [0.25, 0.3) is 0 Å². The smallest absolute Gasteiger partial charge is 0.182 e. The molecule has 78 valence electrons. The van der Waals surface area contributed by atoms with Crippen LogP contribution in [0.5, 0.6) is 0 Å². The monoisotopic (exact) mass is 222 g/mol. The molecule has 2 rings (SSSR count). The second kappa shape index (κ2) is 4.89. The van der Waals surface area contributed by atoms with Gasteiger partial charge in [-0.15, -0.1) is 11.3 Å². The van der Waals surface area contributed by atoms with Crippen molar-refractivity contribution >= 4 is 16.5 Å². The first-order valence-electron chi connectivity index (χ1n) is 4.72. The van der Waals surface area contributed by atoms with Gasteiger partial charge in [-0.25, -0.2) is 9.37 Å². The molecule has 1 N–H and O–H groups in total. The summed E-state index contributed by atoms with van der Waals surface area (Å²) >= 11 is 1.58. The molecule has 0 unspecified atom stereocenters. The lowest BCUT2D eigenvalue weighted by Crippen LogP contribution is -2.04. The van der Waals surface area contributed by atoms with E-state index in [0.29, 0.717) is 0 Å². The van der Waals surface area contributed by atoms with Crippen molar-refractivity contribution < 1.29 is 4.39 Å². The van der Waals surface area contributed by atoms with Gasteiger partial charge < -0.3 is 5.32 Å². The maximum atomic E-state index is 12.6. The predicted molar refractivity (Wildman–Crippen MR) is 60.7 cm³/mol. The molecular formula is C11H11FN2S. The number of nitrogens with zero attached hydrogens (tertiary/aromatic N) is 1. The molecule has 0 bridgehead atoms. The lowest BCUT2D eigenvalue weighted by Gasteiger charge is -2.02. The van der Waals surface area contributed by atoms with Crippen molar-refractivity contribution in [2.45, 2.75) is 6.42 Å². The van der Waals surface area contributed by atoms with E-state index >= 15 is 0 Å². The molecule has 0 saturated heterocycles. The van der Waals surface area contributed by atoms with Crippen LogP contribution in [0.25, 0.3) is 0 Å². The van der Waals surface area contributed by atoms with Crippen molar-refractivity contribution in [3.05, 3.63) is 47.2 Å². The zero-order valence-corrected chi connectivity index (χ0v) is 8.93. The van der Waals surface area contributed by atoms with E-state index in [-0.39, 0.29) is 5.82 Å². The quantitative estimate of drug-likeness (QED) is 0.860. The molecule has 0 amide bonds. The topological polar surface area (TPSA) is 24.9 Å². The van der Waals surface area contributed by atoms with Gasteiger partial charge >= 0.3 is 0 Å². The fourth-order valence-corrected chi connectivity index (χ4v) is 1.83. The third-order valence-electron chi connectivity index (χ3n) is 2.04. The molecule has 0 radical (unpaired) electrons. The summed E-state index contributed by atoms with van der Waals surface area (Å²) in [5.41, 5.74) is 1.13. The van der Waals surface area contributed by atoms with E-state index in [1.165, 1.54) is 12.1 Å². The van der Waals surface area contributed by atoms with E-state index in [0.717, 1.165) is 23.7 Å². The van der Waals surface area contributed by atoms with Crippen molar-refractivity contribution in [1.82, 2.24) is 4.98 Å². The molecule has 0 aliphatic heterocycles. The number of nitrogens with one attached hydrogen (secondary N) is 1. The average molecular weight is 222 g/mol. The Morgan fingerprint density at radius 1 is 1.27 bits per heavy atom. The molecule has 15 heavy (non-hydrogen) atoms. The van der Waals surface area contributed by atoms with E-state index in [1.807, 2.05) is 5.38 Å². The highest BCUT2D eigenvalue weighted by atomic mass is 32.1. The molecule has 0 aliphatic carbocycles. The Kier molecular flexibility index (Phi) is 3.29. The number of thiazole rings is 1. The molecule has 0 spiro atoms. The van der Waals surface area contributed by atoms with Crippen LogP contribution in [0.1, 0.15) is 5.56 Å². The minimum Gasteiger partial charge on any atom is -0.361 e. The Bertz CT molecular complexity index is 397. The second-order valence-electron chi connectivity index (χ2n) is 3.14. The van der Waals surface area contributed by atoms with Crippen LogP contribution in [0.2, 0.25) is 0 Å². The lowest BCUT2D eigenvalue weighted by atomic mass is 10.1. The van der Waals surface area contributed by atoms with E-state index in [9.17, 15) is 4.39 Å². The zero-order chi connectivity index (χ0) is 10.5.